The smallest absolute Gasteiger partial charge is 0.164 e. The normalized spacial score (nSPS) is 18.1. The van der Waals surface area contributed by atoms with Gasteiger partial charge < -0.3 is 33.2 Å². The molecular weight excluding hydrogens is 620 g/mol. The molecule has 49 heavy (non-hydrogen) atoms. The van der Waals surface area contributed by atoms with Crippen LogP contribution in [0, 0.1) is 0 Å². The van der Waals surface area contributed by atoms with Crippen molar-refractivity contribution in [2.24, 2.45) is 0 Å². The van der Waals surface area contributed by atoms with Gasteiger partial charge in [0.05, 0.1) is 48.7 Å². The van der Waals surface area contributed by atoms with Crippen molar-refractivity contribution in [3.63, 3.8) is 0 Å². The minimum Gasteiger partial charge on any atom is -0.493 e. The van der Waals surface area contributed by atoms with Crippen molar-refractivity contribution in [3.8, 4) is 46.0 Å². The molecule has 9 heteroatoms. The van der Waals surface area contributed by atoms with Crippen molar-refractivity contribution >= 4 is 0 Å². The Bertz CT molecular complexity index is 1890. The van der Waals surface area contributed by atoms with E-state index in [1.54, 1.807) is 42.7 Å². The molecular formula is C40H46N2O7. The zero-order valence-corrected chi connectivity index (χ0v) is 29.8. The summed E-state index contributed by atoms with van der Waals surface area (Å²) in [4.78, 5) is 4.83. The summed E-state index contributed by atoms with van der Waals surface area (Å²) in [5.41, 5.74) is 9.89. The molecule has 258 valence electrons. The maximum absolute atomic E-state index is 6.82. The second-order valence-corrected chi connectivity index (χ2v) is 13.1. The SMILES string of the molecule is COc1cc(C[C@@H]2c3cc(OC)c(OC)cc3CCN2C)c(Oc2ccc3c(c2)Cc2c(OC)c(OC)cc4c2[C@@H]3N(C)CC4)cc1OC. The third-order valence-electron chi connectivity index (χ3n) is 10.6. The number of fused-ring (bicyclic) bond motifs is 3. The Balaban J connectivity index is 1.28. The lowest BCUT2D eigenvalue weighted by atomic mass is 9.76. The van der Waals surface area contributed by atoms with Crippen LogP contribution in [0.15, 0.2) is 48.5 Å². The van der Waals surface area contributed by atoms with Crippen molar-refractivity contribution in [2.75, 3.05) is 69.8 Å². The molecule has 0 unspecified atom stereocenters. The molecule has 0 bridgehead atoms. The average Bonchev–Trinajstić information content (AvgIpc) is 3.13. The van der Waals surface area contributed by atoms with Crippen LogP contribution in [0.25, 0.3) is 0 Å². The van der Waals surface area contributed by atoms with E-state index in [2.05, 4.69) is 60.3 Å². The number of hydrogen-bond donors (Lipinski definition) is 0. The first kappa shape index (κ1) is 32.9. The predicted molar refractivity (Wildman–Crippen MR) is 189 cm³/mol. The minimum absolute atomic E-state index is 0.0857. The predicted octanol–water partition coefficient (Wildman–Crippen LogP) is 6.78. The summed E-state index contributed by atoms with van der Waals surface area (Å²) in [6.45, 7) is 1.89. The Labute approximate surface area is 289 Å². The Kier molecular flexibility index (Phi) is 8.98. The fourth-order valence-corrected chi connectivity index (χ4v) is 8.07. The van der Waals surface area contributed by atoms with Gasteiger partial charge in [-0.3, -0.25) is 9.80 Å². The molecule has 2 atom stereocenters. The zero-order valence-electron chi connectivity index (χ0n) is 29.8. The molecule has 0 fully saturated rings. The molecule has 2 aliphatic heterocycles. The summed E-state index contributed by atoms with van der Waals surface area (Å²) in [6.07, 6.45) is 3.34. The van der Waals surface area contributed by atoms with E-state index in [0.717, 1.165) is 72.4 Å². The Morgan fingerprint density at radius 1 is 0.592 bits per heavy atom. The van der Waals surface area contributed by atoms with Crippen molar-refractivity contribution in [1.29, 1.82) is 0 Å². The fraction of sp³-hybridized carbons (Fsp3) is 0.400. The lowest BCUT2D eigenvalue weighted by molar-refractivity contribution is 0.226. The van der Waals surface area contributed by atoms with E-state index in [-0.39, 0.29) is 12.1 Å². The first-order valence-corrected chi connectivity index (χ1v) is 16.8. The first-order valence-electron chi connectivity index (χ1n) is 16.8. The Morgan fingerprint density at radius 2 is 1.22 bits per heavy atom. The van der Waals surface area contributed by atoms with Gasteiger partial charge in [-0.15, -0.1) is 0 Å². The maximum atomic E-state index is 6.82. The summed E-state index contributed by atoms with van der Waals surface area (Å²) >= 11 is 0. The Morgan fingerprint density at radius 3 is 1.94 bits per heavy atom. The summed E-state index contributed by atoms with van der Waals surface area (Å²) < 4.78 is 41.4. The standard InChI is InChI=1S/C40H46N2O7/c1-41-13-11-23-18-33(43-3)35(45-5)21-29(23)31(41)17-26-20-34(44-4)36(46-6)22-32(26)49-27-9-10-28-25(15-27)16-30-38-24(12-14-42(2)39(28)38)19-37(47-7)40(30)48-8/h9-10,15,18-22,31,39H,11-14,16-17H2,1-8H3/t31-,39-/m1/s1. The molecule has 4 aromatic rings. The van der Waals surface area contributed by atoms with Gasteiger partial charge in [0, 0.05) is 42.7 Å². The molecule has 0 aromatic heterocycles. The van der Waals surface area contributed by atoms with Gasteiger partial charge in [0.1, 0.15) is 11.5 Å². The highest BCUT2D eigenvalue weighted by Gasteiger charge is 2.37. The molecule has 0 amide bonds. The third-order valence-corrected chi connectivity index (χ3v) is 10.6. The molecule has 0 saturated heterocycles. The molecule has 3 aliphatic rings. The van der Waals surface area contributed by atoms with Crippen LogP contribution in [-0.2, 0) is 25.7 Å². The van der Waals surface area contributed by atoms with Crippen molar-refractivity contribution in [3.05, 3.63) is 93.0 Å². The van der Waals surface area contributed by atoms with Crippen molar-refractivity contribution in [2.45, 2.75) is 37.8 Å². The van der Waals surface area contributed by atoms with Gasteiger partial charge in [-0.25, -0.2) is 0 Å². The van der Waals surface area contributed by atoms with Crippen LogP contribution >= 0.6 is 0 Å². The van der Waals surface area contributed by atoms with E-state index in [0.29, 0.717) is 17.9 Å². The third kappa shape index (κ3) is 5.68. The number of rotatable bonds is 10. The van der Waals surface area contributed by atoms with Gasteiger partial charge in [0.2, 0.25) is 0 Å². The van der Waals surface area contributed by atoms with Gasteiger partial charge >= 0.3 is 0 Å². The molecule has 0 spiro atoms. The summed E-state index contributed by atoms with van der Waals surface area (Å²) in [5, 5.41) is 0. The largest absolute Gasteiger partial charge is 0.493 e. The fourth-order valence-electron chi connectivity index (χ4n) is 8.07. The van der Waals surface area contributed by atoms with Crippen LogP contribution in [0.3, 0.4) is 0 Å². The number of nitrogens with zero attached hydrogens (tertiary/aromatic N) is 2. The summed E-state index contributed by atoms with van der Waals surface area (Å²) in [7, 11) is 14.5. The molecule has 1 aliphatic carbocycles. The number of benzene rings is 4. The highest BCUT2D eigenvalue weighted by atomic mass is 16.5. The van der Waals surface area contributed by atoms with Crippen LogP contribution < -0.4 is 33.2 Å². The number of ether oxygens (including phenoxy) is 7. The molecule has 0 saturated carbocycles. The lowest BCUT2D eigenvalue weighted by Gasteiger charge is -2.41. The number of likely N-dealkylation sites (N-methyl/N-ethyl adjacent to an activating group) is 2. The van der Waals surface area contributed by atoms with Crippen molar-refractivity contribution in [1.82, 2.24) is 9.80 Å². The van der Waals surface area contributed by atoms with Crippen LogP contribution in [0.1, 0.15) is 56.6 Å². The van der Waals surface area contributed by atoms with Crippen LogP contribution in [0.2, 0.25) is 0 Å². The monoisotopic (exact) mass is 666 g/mol. The van der Waals surface area contributed by atoms with Gasteiger partial charge in [-0.2, -0.15) is 0 Å². The summed E-state index contributed by atoms with van der Waals surface area (Å²) in [5.74, 6) is 5.85. The maximum Gasteiger partial charge on any atom is 0.164 e. The van der Waals surface area contributed by atoms with E-state index in [1.165, 1.54) is 38.9 Å². The van der Waals surface area contributed by atoms with E-state index in [1.807, 2.05) is 12.1 Å². The van der Waals surface area contributed by atoms with E-state index < -0.39 is 0 Å². The zero-order chi connectivity index (χ0) is 34.4. The van der Waals surface area contributed by atoms with Crippen molar-refractivity contribution < 1.29 is 33.2 Å². The van der Waals surface area contributed by atoms with Gasteiger partial charge in [-0.1, -0.05) is 6.07 Å². The Hall–Kier alpha value is -4.60. The average molecular weight is 667 g/mol. The van der Waals surface area contributed by atoms with E-state index >= 15 is 0 Å². The minimum atomic E-state index is 0.0857. The number of methoxy groups -OCH3 is 6. The molecule has 9 nitrogen and oxygen atoms in total. The summed E-state index contributed by atoms with van der Waals surface area (Å²) in [6, 6.07) is 17.1. The lowest BCUT2D eigenvalue weighted by Crippen LogP contribution is -2.36. The molecule has 0 N–H and O–H groups in total. The highest BCUT2D eigenvalue weighted by Crippen LogP contribution is 2.50. The van der Waals surface area contributed by atoms with Gasteiger partial charge in [0.15, 0.2) is 34.5 Å². The number of hydrogen-bond acceptors (Lipinski definition) is 9. The second-order valence-electron chi connectivity index (χ2n) is 13.1. The van der Waals surface area contributed by atoms with Crippen LogP contribution in [0.4, 0.5) is 0 Å². The molecule has 4 aromatic carbocycles. The quantitative estimate of drug-likeness (QED) is 0.182. The van der Waals surface area contributed by atoms with E-state index in [9.17, 15) is 0 Å². The first-order chi connectivity index (χ1) is 23.8. The topological polar surface area (TPSA) is 71.1 Å². The highest BCUT2D eigenvalue weighted by molar-refractivity contribution is 5.64. The second kappa shape index (κ2) is 13.4. The molecule has 2 heterocycles. The van der Waals surface area contributed by atoms with Gasteiger partial charge in [0.25, 0.3) is 0 Å². The van der Waals surface area contributed by atoms with Gasteiger partial charge in [-0.05, 0) is 103 Å². The van der Waals surface area contributed by atoms with Crippen LogP contribution in [-0.4, -0.2) is 79.6 Å². The van der Waals surface area contributed by atoms with Crippen LogP contribution in [0.5, 0.6) is 46.0 Å². The molecule has 7 rings (SSSR count). The molecule has 0 radical (unpaired) electrons. The van der Waals surface area contributed by atoms with E-state index in [4.69, 9.17) is 33.2 Å².